The number of aryl methyl sites for hydroxylation is 2. The van der Waals surface area contributed by atoms with Gasteiger partial charge < -0.3 is 15.3 Å². The van der Waals surface area contributed by atoms with E-state index in [2.05, 4.69) is 10.3 Å². The van der Waals surface area contributed by atoms with Gasteiger partial charge in [-0.3, -0.25) is 0 Å². The van der Waals surface area contributed by atoms with Crippen LogP contribution in [0.5, 0.6) is 0 Å². The van der Waals surface area contributed by atoms with Gasteiger partial charge >= 0.3 is 12.2 Å². The summed E-state index contributed by atoms with van der Waals surface area (Å²) in [6.07, 6.45) is -5.66. The van der Waals surface area contributed by atoms with Crippen molar-refractivity contribution < 1.29 is 23.1 Å². The number of piperidine rings is 1. The molecule has 0 atom stereocenters. The largest absolute Gasteiger partial charge is 0.417 e. The molecule has 1 aliphatic rings. The smallest absolute Gasteiger partial charge is 0.380 e. The number of halogens is 3. The number of urea groups is 1. The number of hydrogen-bond donors (Lipinski definition) is 2. The monoisotopic (exact) mass is 337 g/mol. The molecule has 2 N–H and O–H groups in total. The lowest BCUT2D eigenvalue weighted by molar-refractivity contribution is -0.271. The van der Waals surface area contributed by atoms with E-state index in [-0.39, 0.29) is 19.6 Å². The zero-order valence-corrected chi connectivity index (χ0v) is 13.1. The van der Waals surface area contributed by atoms with E-state index in [0.717, 1.165) is 15.6 Å². The van der Waals surface area contributed by atoms with Gasteiger partial charge in [-0.05, 0) is 13.8 Å². The van der Waals surface area contributed by atoms with E-state index in [1.165, 1.54) is 16.2 Å². The van der Waals surface area contributed by atoms with Crippen molar-refractivity contribution in [3.63, 3.8) is 0 Å². The Balaban J connectivity index is 1.85. The average molecular weight is 337 g/mol. The maximum absolute atomic E-state index is 12.7. The molecule has 22 heavy (non-hydrogen) atoms. The Hall–Kier alpha value is -1.35. The minimum atomic E-state index is -4.66. The molecule has 1 fully saturated rings. The molecule has 0 aromatic carbocycles. The fourth-order valence-electron chi connectivity index (χ4n) is 2.24. The van der Waals surface area contributed by atoms with Crippen molar-refractivity contribution in [3.05, 3.63) is 15.6 Å². The summed E-state index contributed by atoms with van der Waals surface area (Å²) in [7, 11) is 0. The van der Waals surface area contributed by atoms with Gasteiger partial charge in [-0.1, -0.05) is 0 Å². The number of amides is 2. The molecule has 0 saturated carbocycles. The molecule has 2 rings (SSSR count). The van der Waals surface area contributed by atoms with Gasteiger partial charge in [-0.2, -0.15) is 13.2 Å². The summed E-state index contributed by atoms with van der Waals surface area (Å²) < 4.78 is 38.1. The van der Waals surface area contributed by atoms with Crippen molar-refractivity contribution in [2.75, 3.05) is 13.1 Å². The predicted molar refractivity (Wildman–Crippen MR) is 75.6 cm³/mol. The molecule has 1 aromatic rings. The van der Waals surface area contributed by atoms with Crippen LogP contribution < -0.4 is 5.32 Å². The minimum Gasteiger partial charge on any atom is -0.380 e. The number of aromatic nitrogens is 1. The van der Waals surface area contributed by atoms with Gasteiger partial charge in [0.1, 0.15) is 5.01 Å². The van der Waals surface area contributed by atoms with Gasteiger partial charge in [0.05, 0.1) is 12.2 Å². The predicted octanol–water partition coefficient (Wildman–Crippen LogP) is 2.36. The van der Waals surface area contributed by atoms with Crippen LogP contribution in [0.15, 0.2) is 0 Å². The molecule has 1 saturated heterocycles. The molecule has 0 unspecified atom stereocenters. The summed E-state index contributed by atoms with van der Waals surface area (Å²) in [5.41, 5.74) is -1.78. The maximum Gasteiger partial charge on any atom is 0.417 e. The Kier molecular flexibility index (Phi) is 4.67. The lowest BCUT2D eigenvalue weighted by Gasteiger charge is -2.38. The first-order valence-electron chi connectivity index (χ1n) is 6.87. The van der Waals surface area contributed by atoms with Crippen molar-refractivity contribution in [2.24, 2.45) is 0 Å². The summed E-state index contributed by atoms with van der Waals surface area (Å²) in [6, 6.07) is -0.435. The fourth-order valence-corrected chi connectivity index (χ4v) is 3.11. The molecule has 9 heteroatoms. The van der Waals surface area contributed by atoms with Gasteiger partial charge in [-0.15, -0.1) is 11.3 Å². The third kappa shape index (κ3) is 3.52. The third-order valence-electron chi connectivity index (χ3n) is 3.87. The lowest BCUT2D eigenvalue weighted by atomic mass is 9.91. The van der Waals surface area contributed by atoms with Crippen LogP contribution in [0.3, 0.4) is 0 Å². The second-order valence-corrected chi connectivity index (χ2v) is 6.71. The number of alkyl halides is 3. The average Bonchev–Trinajstić information content (AvgIpc) is 2.75. The number of thiazole rings is 1. The molecule has 2 amide bonds. The van der Waals surface area contributed by atoms with Crippen molar-refractivity contribution in [2.45, 2.75) is 45.0 Å². The highest BCUT2D eigenvalue weighted by molar-refractivity contribution is 7.11. The number of hydrogen-bond acceptors (Lipinski definition) is 4. The van der Waals surface area contributed by atoms with Crippen LogP contribution in [0.2, 0.25) is 0 Å². The maximum atomic E-state index is 12.7. The van der Waals surface area contributed by atoms with Crippen LogP contribution in [-0.2, 0) is 6.54 Å². The Labute approximate surface area is 130 Å². The Morgan fingerprint density at radius 2 is 2.00 bits per heavy atom. The van der Waals surface area contributed by atoms with E-state index < -0.39 is 30.7 Å². The van der Waals surface area contributed by atoms with E-state index in [1.54, 1.807) is 0 Å². The standard InChI is InChI=1S/C13H18F3N3O2S/c1-8-9(2)22-10(18-8)7-17-11(20)19-5-3-12(21,4-6-19)13(14,15)16/h21H,3-7H2,1-2H3,(H,17,20). The Bertz CT molecular complexity index is 532. The highest BCUT2D eigenvalue weighted by Gasteiger charge is 2.54. The topological polar surface area (TPSA) is 65.5 Å². The van der Waals surface area contributed by atoms with Crippen molar-refractivity contribution in [1.29, 1.82) is 0 Å². The highest BCUT2D eigenvalue weighted by atomic mass is 32.1. The van der Waals surface area contributed by atoms with Gasteiger partial charge in [-0.25, -0.2) is 9.78 Å². The molecule has 0 spiro atoms. The Morgan fingerprint density at radius 3 is 2.45 bits per heavy atom. The first-order valence-corrected chi connectivity index (χ1v) is 7.69. The van der Waals surface area contributed by atoms with Gasteiger partial charge in [0.2, 0.25) is 0 Å². The zero-order chi connectivity index (χ0) is 16.5. The van der Waals surface area contributed by atoms with E-state index in [0.29, 0.717) is 0 Å². The zero-order valence-electron chi connectivity index (χ0n) is 12.3. The number of nitrogens with one attached hydrogen (secondary N) is 1. The van der Waals surface area contributed by atoms with Crippen LogP contribution in [-0.4, -0.2) is 45.9 Å². The summed E-state index contributed by atoms with van der Waals surface area (Å²) in [6.45, 7) is 3.80. The summed E-state index contributed by atoms with van der Waals surface area (Å²) >= 11 is 1.47. The first-order chi connectivity index (χ1) is 10.1. The molecule has 0 bridgehead atoms. The second-order valence-electron chi connectivity index (χ2n) is 5.42. The SMILES string of the molecule is Cc1nc(CNC(=O)N2CCC(O)(C(F)(F)F)CC2)sc1C. The molecule has 0 aliphatic carbocycles. The number of carbonyl (C=O) groups excluding carboxylic acids is 1. The quantitative estimate of drug-likeness (QED) is 0.871. The molecular formula is C13H18F3N3O2S. The van der Waals surface area contributed by atoms with Crippen LogP contribution in [0.4, 0.5) is 18.0 Å². The number of rotatable bonds is 2. The van der Waals surface area contributed by atoms with Gasteiger partial charge in [0.25, 0.3) is 0 Å². The van der Waals surface area contributed by atoms with Gasteiger partial charge in [0, 0.05) is 30.8 Å². The second kappa shape index (κ2) is 6.04. The first kappa shape index (κ1) is 17.0. The summed E-state index contributed by atoms with van der Waals surface area (Å²) in [4.78, 5) is 18.6. The summed E-state index contributed by atoms with van der Waals surface area (Å²) in [5.74, 6) is 0. The molecular weight excluding hydrogens is 319 g/mol. The van der Waals surface area contributed by atoms with E-state index in [1.807, 2.05) is 13.8 Å². The van der Waals surface area contributed by atoms with E-state index in [4.69, 9.17) is 0 Å². The molecule has 1 aromatic heterocycles. The molecule has 5 nitrogen and oxygen atoms in total. The van der Waals surface area contributed by atoms with Crippen molar-refractivity contribution in [1.82, 2.24) is 15.2 Å². The summed E-state index contributed by atoms with van der Waals surface area (Å²) in [5, 5.41) is 13.0. The number of aliphatic hydroxyl groups is 1. The molecule has 1 aliphatic heterocycles. The van der Waals surface area contributed by atoms with Crippen molar-refractivity contribution in [3.8, 4) is 0 Å². The molecule has 124 valence electrons. The van der Waals surface area contributed by atoms with Gasteiger partial charge in [0.15, 0.2) is 5.60 Å². The minimum absolute atomic E-state index is 0.127. The van der Waals surface area contributed by atoms with Crippen LogP contribution in [0, 0.1) is 13.8 Å². The number of carbonyl (C=O) groups is 1. The third-order valence-corrected chi connectivity index (χ3v) is 4.94. The number of nitrogens with zero attached hydrogens (tertiary/aromatic N) is 2. The normalized spacial score (nSPS) is 18.4. The van der Waals surface area contributed by atoms with E-state index >= 15 is 0 Å². The Morgan fingerprint density at radius 1 is 1.41 bits per heavy atom. The molecule has 0 radical (unpaired) electrons. The number of likely N-dealkylation sites (tertiary alicyclic amines) is 1. The fraction of sp³-hybridized carbons (Fsp3) is 0.692. The lowest BCUT2D eigenvalue weighted by Crippen LogP contribution is -2.55. The highest BCUT2D eigenvalue weighted by Crippen LogP contribution is 2.38. The van der Waals surface area contributed by atoms with Crippen LogP contribution in [0.25, 0.3) is 0 Å². The van der Waals surface area contributed by atoms with Crippen LogP contribution >= 0.6 is 11.3 Å². The molecule has 2 heterocycles. The van der Waals surface area contributed by atoms with Crippen molar-refractivity contribution >= 4 is 17.4 Å². The van der Waals surface area contributed by atoms with E-state index in [9.17, 15) is 23.1 Å². The van der Waals surface area contributed by atoms with Crippen LogP contribution in [0.1, 0.15) is 28.4 Å².